The fourth-order valence-corrected chi connectivity index (χ4v) is 2.58. The van der Waals surface area contributed by atoms with Crippen molar-refractivity contribution in [2.75, 3.05) is 14.2 Å². The first kappa shape index (κ1) is 22.5. The molecule has 0 spiro atoms. The number of rotatable bonds is 9. The van der Waals surface area contributed by atoms with Crippen LogP contribution in [0.25, 0.3) is 0 Å². The predicted octanol–water partition coefficient (Wildman–Crippen LogP) is 3.96. The standard InChI is InChI=1S/C20H32FNO4/c1-8-13(2)17(18(23)26-20(3,4)5)22-12-15-11-14(9-10-16(15)21)19(24-6)25-7/h9-11,13,17,19,22H,8,12H2,1-7H3/t13-,17-/m0/s1. The smallest absolute Gasteiger partial charge is 0.323 e. The van der Waals surface area contributed by atoms with E-state index in [1.54, 1.807) is 12.1 Å². The maximum absolute atomic E-state index is 14.2. The van der Waals surface area contributed by atoms with Crippen LogP contribution in [0.5, 0.6) is 0 Å². The van der Waals surface area contributed by atoms with Gasteiger partial charge in [0.2, 0.25) is 0 Å². The molecule has 1 rings (SSSR count). The van der Waals surface area contributed by atoms with Crippen molar-refractivity contribution in [2.45, 2.75) is 65.5 Å². The molecule has 2 atom stereocenters. The second-order valence-electron chi connectivity index (χ2n) is 7.43. The maximum Gasteiger partial charge on any atom is 0.323 e. The Bertz CT molecular complexity index is 582. The van der Waals surface area contributed by atoms with E-state index in [2.05, 4.69) is 5.32 Å². The summed E-state index contributed by atoms with van der Waals surface area (Å²) in [5.74, 6) is -0.615. The maximum atomic E-state index is 14.2. The number of ether oxygens (including phenoxy) is 3. The monoisotopic (exact) mass is 369 g/mol. The van der Waals surface area contributed by atoms with E-state index in [1.807, 2.05) is 34.6 Å². The molecule has 0 aliphatic carbocycles. The van der Waals surface area contributed by atoms with Crippen molar-refractivity contribution in [3.8, 4) is 0 Å². The van der Waals surface area contributed by atoms with E-state index >= 15 is 0 Å². The number of esters is 1. The molecule has 6 heteroatoms. The van der Waals surface area contributed by atoms with Crippen LogP contribution < -0.4 is 5.32 Å². The molecule has 26 heavy (non-hydrogen) atoms. The van der Waals surface area contributed by atoms with Crippen molar-refractivity contribution in [3.63, 3.8) is 0 Å². The van der Waals surface area contributed by atoms with Crippen molar-refractivity contribution in [1.82, 2.24) is 5.32 Å². The molecule has 0 aromatic heterocycles. The van der Waals surface area contributed by atoms with Gasteiger partial charge in [0.15, 0.2) is 6.29 Å². The first-order valence-corrected chi connectivity index (χ1v) is 8.93. The normalized spacial score (nSPS) is 14.3. The highest BCUT2D eigenvalue weighted by atomic mass is 19.1. The molecular formula is C20H32FNO4. The van der Waals surface area contributed by atoms with E-state index in [0.717, 1.165) is 6.42 Å². The summed E-state index contributed by atoms with van der Waals surface area (Å²) in [4.78, 5) is 12.5. The van der Waals surface area contributed by atoms with Crippen LogP contribution in [-0.4, -0.2) is 31.8 Å². The van der Waals surface area contributed by atoms with Gasteiger partial charge in [0.1, 0.15) is 17.5 Å². The lowest BCUT2D eigenvalue weighted by Crippen LogP contribution is -2.45. The Hall–Kier alpha value is -1.50. The number of hydrogen-bond acceptors (Lipinski definition) is 5. The second kappa shape index (κ2) is 10.00. The summed E-state index contributed by atoms with van der Waals surface area (Å²) in [6.45, 7) is 9.67. The number of carbonyl (C=O) groups is 1. The van der Waals surface area contributed by atoms with Gasteiger partial charge in [-0.15, -0.1) is 0 Å². The average molecular weight is 369 g/mol. The topological polar surface area (TPSA) is 56.8 Å². The molecule has 0 amide bonds. The van der Waals surface area contributed by atoms with E-state index in [9.17, 15) is 9.18 Å². The Labute approximate surface area is 156 Å². The van der Waals surface area contributed by atoms with Gasteiger partial charge in [-0.3, -0.25) is 10.1 Å². The molecule has 0 aliphatic rings. The Morgan fingerprint density at radius 1 is 1.23 bits per heavy atom. The number of methoxy groups -OCH3 is 2. The number of halogens is 1. The van der Waals surface area contributed by atoms with Gasteiger partial charge in [-0.05, 0) is 38.8 Å². The van der Waals surface area contributed by atoms with Gasteiger partial charge in [0.05, 0.1) is 0 Å². The van der Waals surface area contributed by atoms with Crippen molar-refractivity contribution in [1.29, 1.82) is 0 Å². The first-order chi connectivity index (χ1) is 12.1. The van der Waals surface area contributed by atoms with Crippen LogP contribution in [-0.2, 0) is 25.5 Å². The molecule has 0 saturated carbocycles. The van der Waals surface area contributed by atoms with Crippen molar-refractivity contribution in [3.05, 3.63) is 35.1 Å². The van der Waals surface area contributed by atoms with Gasteiger partial charge in [-0.2, -0.15) is 0 Å². The Kier molecular flexibility index (Phi) is 8.67. The highest BCUT2D eigenvalue weighted by Crippen LogP contribution is 2.21. The SMILES string of the molecule is CC[C@H](C)[C@H](NCc1cc(C(OC)OC)ccc1F)C(=O)OC(C)(C)C. The lowest BCUT2D eigenvalue weighted by Gasteiger charge is -2.28. The number of nitrogens with one attached hydrogen (secondary N) is 1. The van der Waals surface area contributed by atoms with Gasteiger partial charge >= 0.3 is 5.97 Å². The van der Waals surface area contributed by atoms with Gasteiger partial charge in [-0.25, -0.2) is 4.39 Å². The third kappa shape index (κ3) is 6.67. The minimum Gasteiger partial charge on any atom is -0.459 e. The van der Waals surface area contributed by atoms with Crippen LogP contribution in [0.3, 0.4) is 0 Å². The lowest BCUT2D eigenvalue weighted by atomic mass is 9.98. The van der Waals surface area contributed by atoms with Crippen LogP contribution in [0.1, 0.15) is 58.5 Å². The molecular weight excluding hydrogens is 337 g/mol. The van der Waals surface area contributed by atoms with Crippen molar-refractivity contribution >= 4 is 5.97 Å². The molecule has 0 heterocycles. The summed E-state index contributed by atoms with van der Waals surface area (Å²) >= 11 is 0. The molecule has 148 valence electrons. The molecule has 0 fully saturated rings. The number of carbonyl (C=O) groups excluding carboxylic acids is 1. The molecule has 0 aliphatic heterocycles. The highest BCUT2D eigenvalue weighted by Gasteiger charge is 2.29. The van der Waals surface area contributed by atoms with Crippen LogP contribution in [0, 0.1) is 11.7 Å². The molecule has 1 aromatic rings. The Balaban J connectivity index is 2.94. The van der Waals surface area contributed by atoms with Crippen molar-refractivity contribution < 1.29 is 23.4 Å². The zero-order chi connectivity index (χ0) is 19.9. The molecule has 1 N–H and O–H groups in total. The summed E-state index contributed by atoms with van der Waals surface area (Å²) in [5, 5.41) is 3.16. The van der Waals surface area contributed by atoms with Crippen LogP contribution in [0.4, 0.5) is 4.39 Å². The van der Waals surface area contributed by atoms with Crippen LogP contribution in [0.2, 0.25) is 0 Å². The van der Waals surface area contributed by atoms with E-state index in [-0.39, 0.29) is 24.2 Å². The fourth-order valence-electron chi connectivity index (χ4n) is 2.58. The number of hydrogen-bond donors (Lipinski definition) is 1. The zero-order valence-corrected chi connectivity index (χ0v) is 16.9. The van der Waals surface area contributed by atoms with Crippen molar-refractivity contribution in [2.24, 2.45) is 5.92 Å². The summed E-state index contributed by atoms with van der Waals surface area (Å²) in [6, 6.07) is 4.17. The van der Waals surface area contributed by atoms with Gasteiger partial charge in [0, 0.05) is 31.9 Å². The summed E-state index contributed by atoms with van der Waals surface area (Å²) < 4.78 is 30.1. The Morgan fingerprint density at radius 2 is 1.85 bits per heavy atom. The van der Waals surface area contributed by atoms with E-state index in [4.69, 9.17) is 14.2 Å². The van der Waals surface area contributed by atoms with Crippen LogP contribution >= 0.6 is 0 Å². The van der Waals surface area contributed by atoms with E-state index in [0.29, 0.717) is 11.1 Å². The third-order valence-electron chi connectivity index (χ3n) is 4.16. The Morgan fingerprint density at radius 3 is 2.35 bits per heavy atom. The minimum absolute atomic E-state index is 0.0572. The molecule has 0 unspecified atom stereocenters. The van der Waals surface area contributed by atoms with Gasteiger partial charge in [0.25, 0.3) is 0 Å². The highest BCUT2D eigenvalue weighted by molar-refractivity contribution is 5.76. The third-order valence-corrected chi connectivity index (χ3v) is 4.16. The average Bonchev–Trinajstić information content (AvgIpc) is 2.56. The summed E-state index contributed by atoms with van der Waals surface area (Å²) in [7, 11) is 3.05. The summed E-state index contributed by atoms with van der Waals surface area (Å²) in [6.07, 6.45) is 0.236. The molecule has 0 radical (unpaired) electrons. The number of benzene rings is 1. The van der Waals surface area contributed by atoms with Gasteiger partial charge in [-0.1, -0.05) is 26.3 Å². The molecule has 0 bridgehead atoms. The van der Waals surface area contributed by atoms with E-state index in [1.165, 1.54) is 20.3 Å². The van der Waals surface area contributed by atoms with Gasteiger partial charge < -0.3 is 14.2 Å². The largest absolute Gasteiger partial charge is 0.459 e. The molecule has 5 nitrogen and oxygen atoms in total. The van der Waals surface area contributed by atoms with Crippen LogP contribution in [0.15, 0.2) is 18.2 Å². The second-order valence-corrected chi connectivity index (χ2v) is 7.43. The summed E-state index contributed by atoms with van der Waals surface area (Å²) in [5.41, 5.74) is 0.587. The fraction of sp³-hybridized carbons (Fsp3) is 0.650. The first-order valence-electron chi connectivity index (χ1n) is 8.93. The minimum atomic E-state index is -0.570. The molecule has 0 saturated heterocycles. The predicted molar refractivity (Wildman–Crippen MR) is 99.1 cm³/mol. The lowest BCUT2D eigenvalue weighted by molar-refractivity contribution is -0.159. The van der Waals surface area contributed by atoms with E-state index < -0.39 is 17.9 Å². The quantitative estimate of drug-likeness (QED) is 0.527. The zero-order valence-electron chi connectivity index (χ0n) is 16.9. The molecule has 1 aromatic carbocycles.